The van der Waals surface area contributed by atoms with Gasteiger partial charge in [-0.3, -0.25) is 14.2 Å². The monoisotopic (exact) mass is 488 g/mol. The van der Waals surface area contributed by atoms with Crippen LogP contribution in [-0.4, -0.2) is 21.1 Å². The average Bonchev–Trinajstić information content (AvgIpc) is 3.19. The minimum Gasteiger partial charge on any atom is -0.293 e. The van der Waals surface area contributed by atoms with Gasteiger partial charge in [0, 0.05) is 10.4 Å². The predicted octanol–water partition coefficient (Wildman–Crippen LogP) is 6.53. The van der Waals surface area contributed by atoms with Crippen LogP contribution in [0.2, 0.25) is 0 Å². The molecule has 0 amide bonds. The predicted molar refractivity (Wildman–Crippen MR) is 142 cm³/mol. The summed E-state index contributed by atoms with van der Waals surface area (Å²) in [5, 5.41) is 1.34. The van der Waals surface area contributed by atoms with Gasteiger partial charge in [0.2, 0.25) is 0 Å². The van der Waals surface area contributed by atoms with E-state index in [1.165, 1.54) is 27.8 Å². The second-order valence-corrected chi connectivity index (χ2v) is 11.3. The molecule has 0 saturated heterocycles. The number of rotatable bonds is 5. The average molecular weight is 489 g/mol. The van der Waals surface area contributed by atoms with Crippen molar-refractivity contribution in [3.8, 4) is 5.69 Å². The number of fused-ring (bicyclic) bond motifs is 3. The van der Waals surface area contributed by atoms with Crippen LogP contribution < -0.4 is 5.56 Å². The zero-order valence-corrected chi connectivity index (χ0v) is 21.7. The van der Waals surface area contributed by atoms with Crippen molar-refractivity contribution in [2.24, 2.45) is 0 Å². The number of thiophene rings is 1. The molecule has 5 rings (SSSR count). The highest BCUT2D eigenvalue weighted by molar-refractivity contribution is 7.99. The first-order valence-corrected chi connectivity index (χ1v) is 13.5. The second kappa shape index (κ2) is 9.16. The zero-order chi connectivity index (χ0) is 24.0. The van der Waals surface area contributed by atoms with Crippen molar-refractivity contribution in [1.82, 2.24) is 9.55 Å². The quantitative estimate of drug-likeness (QED) is 0.182. The molecule has 2 aromatic carbocycles. The Bertz CT molecular complexity index is 1480. The number of hydrogen-bond donors (Lipinski definition) is 0. The van der Waals surface area contributed by atoms with Crippen molar-refractivity contribution >= 4 is 39.1 Å². The summed E-state index contributed by atoms with van der Waals surface area (Å²) in [6.45, 7) is 8.10. The highest BCUT2D eigenvalue weighted by atomic mass is 32.2. The molecule has 0 fully saturated rings. The van der Waals surface area contributed by atoms with E-state index in [0.717, 1.165) is 63.8 Å². The lowest BCUT2D eigenvalue weighted by molar-refractivity contribution is 0.102. The van der Waals surface area contributed by atoms with Crippen LogP contribution in [0.4, 0.5) is 0 Å². The third-order valence-corrected chi connectivity index (χ3v) is 8.85. The Morgan fingerprint density at radius 3 is 2.47 bits per heavy atom. The number of aryl methyl sites for hydroxylation is 6. The smallest absolute Gasteiger partial charge is 0.267 e. The molecule has 6 heteroatoms. The number of carbonyl (C=O) groups is 1. The first-order valence-electron chi connectivity index (χ1n) is 11.7. The number of ketones is 1. The van der Waals surface area contributed by atoms with Crippen LogP contribution in [0.3, 0.4) is 0 Å². The van der Waals surface area contributed by atoms with Gasteiger partial charge in [-0.15, -0.1) is 11.3 Å². The summed E-state index contributed by atoms with van der Waals surface area (Å²) in [5.41, 5.74) is 7.11. The Balaban J connectivity index is 1.59. The van der Waals surface area contributed by atoms with Crippen molar-refractivity contribution in [2.45, 2.75) is 58.5 Å². The van der Waals surface area contributed by atoms with Crippen LogP contribution >= 0.6 is 23.1 Å². The fourth-order valence-electron chi connectivity index (χ4n) is 4.67. The van der Waals surface area contributed by atoms with Gasteiger partial charge >= 0.3 is 0 Å². The van der Waals surface area contributed by atoms with Crippen molar-refractivity contribution < 1.29 is 4.79 Å². The third-order valence-electron chi connectivity index (χ3n) is 6.72. The Labute approximate surface area is 208 Å². The molecule has 2 heterocycles. The zero-order valence-electron chi connectivity index (χ0n) is 20.0. The summed E-state index contributed by atoms with van der Waals surface area (Å²) in [6, 6.07) is 12.0. The van der Waals surface area contributed by atoms with Crippen molar-refractivity contribution in [2.75, 3.05) is 5.75 Å². The molecule has 4 aromatic rings. The number of Topliss-reactive ketones (excluding diaryl/α,β-unsaturated/α-hetero) is 1. The first kappa shape index (κ1) is 23.1. The second-order valence-electron chi connectivity index (χ2n) is 9.22. The molecule has 0 radical (unpaired) electrons. The number of aromatic nitrogens is 2. The summed E-state index contributed by atoms with van der Waals surface area (Å²) in [4.78, 5) is 34.1. The van der Waals surface area contributed by atoms with E-state index in [2.05, 4.69) is 13.0 Å². The molecule has 2 aromatic heterocycles. The van der Waals surface area contributed by atoms with Crippen molar-refractivity contribution in [1.29, 1.82) is 0 Å². The highest BCUT2D eigenvalue weighted by Crippen LogP contribution is 2.35. The van der Waals surface area contributed by atoms with Gasteiger partial charge in [0.25, 0.3) is 5.56 Å². The molecule has 0 atom stereocenters. The molecule has 0 unspecified atom stereocenters. The minimum atomic E-state index is -0.0226. The lowest BCUT2D eigenvalue weighted by Crippen LogP contribution is -2.22. The Morgan fingerprint density at radius 2 is 1.71 bits per heavy atom. The van der Waals surface area contributed by atoms with Gasteiger partial charge in [0.05, 0.1) is 16.8 Å². The van der Waals surface area contributed by atoms with E-state index in [1.54, 1.807) is 15.9 Å². The van der Waals surface area contributed by atoms with Crippen LogP contribution in [0.25, 0.3) is 15.9 Å². The number of hydrogen-bond acceptors (Lipinski definition) is 5. The maximum atomic E-state index is 13.9. The van der Waals surface area contributed by atoms with Crippen molar-refractivity contribution in [3.05, 3.63) is 85.0 Å². The Morgan fingerprint density at radius 1 is 1.00 bits per heavy atom. The van der Waals surface area contributed by atoms with Gasteiger partial charge in [-0.05, 0) is 93.8 Å². The molecule has 34 heavy (non-hydrogen) atoms. The molecule has 0 N–H and O–H groups in total. The van der Waals surface area contributed by atoms with Crippen LogP contribution in [0.1, 0.15) is 55.9 Å². The topological polar surface area (TPSA) is 52.0 Å². The Hall–Kier alpha value is -2.70. The normalized spacial score (nSPS) is 13.3. The number of thioether (sulfide) groups is 1. The minimum absolute atomic E-state index is 0.0226. The van der Waals surface area contributed by atoms with E-state index in [9.17, 15) is 9.59 Å². The van der Waals surface area contributed by atoms with Gasteiger partial charge in [-0.2, -0.15) is 0 Å². The first-order chi connectivity index (χ1) is 16.3. The van der Waals surface area contributed by atoms with E-state index in [4.69, 9.17) is 4.98 Å². The number of carbonyl (C=O) groups excluding carboxylic acids is 1. The molecule has 4 nitrogen and oxygen atoms in total. The summed E-state index contributed by atoms with van der Waals surface area (Å²) in [6.07, 6.45) is 4.24. The Kier molecular flexibility index (Phi) is 6.21. The van der Waals surface area contributed by atoms with Crippen molar-refractivity contribution in [3.63, 3.8) is 0 Å². The van der Waals surface area contributed by atoms with Gasteiger partial charge in [0.1, 0.15) is 4.83 Å². The van der Waals surface area contributed by atoms with E-state index in [1.807, 2.05) is 51.1 Å². The van der Waals surface area contributed by atoms with Crippen LogP contribution in [0.5, 0.6) is 0 Å². The summed E-state index contributed by atoms with van der Waals surface area (Å²) in [5.74, 6) is 0.291. The molecule has 1 aliphatic carbocycles. The van der Waals surface area contributed by atoms with Crippen LogP contribution in [-0.2, 0) is 12.8 Å². The van der Waals surface area contributed by atoms with Crippen LogP contribution in [0, 0.1) is 27.7 Å². The lowest BCUT2D eigenvalue weighted by atomic mass is 9.97. The molecular formula is C28H28N2O2S2. The fourth-order valence-corrected chi connectivity index (χ4v) is 6.87. The number of benzene rings is 2. The standard InChI is InChI=1S/C28H28N2O2S2/c1-16-9-11-20(12-10-16)30-27(32)25-21-7-5-6-8-24(21)34-26(25)29-28(30)33-15-23(31)22-14-18(3)17(2)13-19(22)4/h9-14H,5-8,15H2,1-4H3. The van der Waals surface area contributed by atoms with E-state index >= 15 is 0 Å². The summed E-state index contributed by atoms with van der Waals surface area (Å²) < 4.78 is 1.70. The third kappa shape index (κ3) is 4.14. The maximum Gasteiger partial charge on any atom is 0.267 e. The maximum absolute atomic E-state index is 13.9. The number of nitrogens with zero attached hydrogens (tertiary/aromatic N) is 2. The molecule has 0 bridgehead atoms. The fraction of sp³-hybridized carbons (Fsp3) is 0.321. The van der Waals surface area contributed by atoms with Gasteiger partial charge < -0.3 is 0 Å². The SMILES string of the molecule is Cc1ccc(-n2c(SCC(=O)c3cc(C)c(C)cc3C)nc3sc4c(c3c2=O)CCCC4)cc1. The van der Waals surface area contributed by atoms with Gasteiger partial charge in [0.15, 0.2) is 10.9 Å². The van der Waals surface area contributed by atoms with E-state index in [0.29, 0.717) is 5.16 Å². The molecular weight excluding hydrogens is 460 g/mol. The molecule has 0 aliphatic heterocycles. The van der Waals surface area contributed by atoms with Crippen LogP contribution in [0.15, 0.2) is 46.3 Å². The molecule has 0 saturated carbocycles. The molecule has 174 valence electrons. The van der Waals surface area contributed by atoms with E-state index in [-0.39, 0.29) is 17.1 Å². The summed E-state index contributed by atoms with van der Waals surface area (Å²) in [7, 11) is 0. The van der Waals surface area contributed by atoms with E-state index < -0.39 is 0 Å². The van der Waals surface area contributed by atoms with Gasteiger partial charge in [-0.1, -0.05) is 35.5 Å². The highest BCUT2D eigenvalue weighted by Gasteiger charge is 2.23. The van der Waals surface area contributed by atoms with Gasteiger partial charge in [-0.25, -0.2) is 4.98 Å². The molecule has 1 aliphatic rings. The summed E-state index contributed by atoms with van der Waals surface area (Å²) >= 11 is 3.00. The largest absolute Gasteiger partial charge is 0.293 e. The molecule has 0 spiro atoms. The lowest BCUT2D eigenvalue weighted by Gasteiger charge is -2.14.